The average Bonchev–Trinajstić information content (AvgIpc) is 3.83. The van der Waals surface area contributed by atoms with Crippen LogP contribution >= 0.6 is 11.6 Å². The van der Waals surface area contributed by atoms with E-state index < -0.39 is 23.3 Å². The van der Waals surface area contributed by atoms with Gasteiger partial charge in [0, 0.05) is 75.0 Å². The molecule has 0 unspecified atom stereocenters. The zero-order chi connectivity index (χ0) is 35.4. The number of halogens is 4. The van der Waals surface area contributed by atoms with Crippen LogP contribution in [0.3, 0.4) is 0 Å². The third-order valence-electron chi connectivity index (χ3n) is 11.5. The molecule has 0 saturated carbocycles. The smallest absolute Gasteiger partial charge is 0.319 e. The Bertz CT molecular complexity index is 2030. The van der Waals surface area contributed by atoms with E-state index >= 15 is 4.39 Å². The molecule has 268 valence electrons. The number of ether oxygens (including phenoxy) is 1. The lowest BCUT2D eigenvalue weighted by Gasteiger charge is -2.38. The van der Waals surface area contributed by atoms with Gasteiger partial charge >= 0.3 is 6.01 Å². The number of amides is 1. The lowest BCUT2D eigenvalue weighted by atomic mass is 9.95. The lowest BCUT2D eigenvalue weighted by Crippen LogP contribution is -2.46. The summed E-state index contributed by atoms with van der Waals surface area (Å²) in [6.07, 6.45) is 8.13. The first-order valence-electron chi connectivity index (χ1n) is 17.8. The first kappa shape index (κ1) is 34.1. The number of anilines is 1. The second-order valence-corrected chi connectivity index (χ2v) is 14.7. The molecular formula is C38H41ClF3N7O2. The number of hydrogen-bond acceptors (Lipinski definition) is 8. The van der Waals surface area contributed by atoms with E-state index in [9.17, 15) is 13.6 Å². The summed E-state index contributed by atoms with van der Waals surface area (Å²) in [4.78, 5) is 35.3. The van der Waals surface area contributed by atoms with Gasteiger partial charge in [0.2, 0.25) is 5.91 Å². The maximum atomic E-state index is 16.8. The van der Waals surface area contributed by atoms with E-state index in [0.717, 1.165) is 38.9 Å². The zero-order valence-corrected chi connectivity index (χ0v) is 29.6. The van der Waals surface area contributed by atoms with Gasteiger partial charge in [0.15, 0.2) is 5.82 Å². The maximum absolute atomic E-state index is 16.8. The number of carbonyl (C=O) groups is 1. The van der Waals surface area contributed by atoms with Crippen molar-refractivity contribution < 1.29 is 22.7 Å². The highest BCUT2D eigenvalue weighted by Crippen LogP contribution is 2.42. The fourth-order valence-electron chi connectivity index (χ4n) is 8.50. The van der Waals surface area contributed by atoms with Crippen molar-refractivity contribution >= 4 is 45.0 Å². The molecule has 13 heteroatoms. The van der Waals surface area contributed by atoms with Gasteiger partial charge in [0.25, 0.3) is 0 Å². The third kappa shape index (κ3) is 6.08. The fraction of sp³-hybridized carbons (Fsp3) is 0.474. The molecule has 4 saturated heterocycles. The van der Waals surface area contributed by atoms with Crippen molar-refractivity contribution in [3.63, 3.8) is 0 Å². The minimum Gasteiger partial charge on any atom is -0.461 e. The molecule has 8 rings (SSSR count). The molecule has 4 fully saturated rings. The monoisotopic (exact) mass is 719 g/mol. The SMILES string of the molecule is CCN1CC[C@@H]1/C=C/C(=O)N1CC[C@@H](N(C)c2nc(OC[C@@]34CCCN3C[C@H](F)C4)nc3c(F)c(-c4cccc5ccc(F)c(Cl)c45)ncc23)C1. The van der Waals surface area contributed by atoms with Crippen LogP contribution in [0.4, 0.5) is 19.0 Å². The molecule has 1 amide bonds. The predicted molar refractivity (Wildman–Crippen MR) is 192 cm³/mol. The lowest BCUT2D eigenvalue weighted by molar-refractivity contribution is -0.125. The number of carbonyl (C=O) groups excluding carboxylic acids is 1. The second kappa shape index (κ2) is 13.5. The Hall–Kier alpha value is -4.00. The molecule has 2 aromatic heterocycles. The molecule has 0 bridgehead atoms. The molecular weight excluding hydrogens is 679 g/mol. The quantitative estimate of drug-likeness (QED) is 0.184. The van der Waals surface area contributed by atoms with Crippen molar-refractivity contribution in [2.24, 2.45) is 0 Å². The van der Waals surface area contributed by atoms with Gasteiger partial charge in [0.1, 0.15) is 35.6 Å². The fourth-order valence-corrected chi connectivity index (χ4v) is 8.77. The van der Waals surface area contributed by atoms with E-state index in [0.29, 0.717) is 66.1 Å². The largest absolute Gasteiger partial charge is 0.461 e. The minimum absolute atomic E-state index is 0.0122. The van der Waals surface area contributed by atoms with E-state index in [1.54, 1.807) is 30.3 Å². The summed E-state index contributed by atoms with van der Waals surface area (Å²) in [5.41, 5.74) is -0.173. The topological polar surface area (TPSA) is 77.9 Å². The number of aromatic nitrogens is 3. The number of likely N-dealkylation sites (N-methyl/N-ethyl adjacent to an activating group) is 2. The molecule has 0 aliphatic carbocycles. The van der Waals surface area contributed by atoms with Crippen molar-refractivity contribution in [1.29, 1.82) is 0 Å². The van der Waals surface area contributed by atoms with Crippen LogP contribution in [0.25, 0.3) is 32.9 Å². The van der Waals surface area contributed by atoms with Crippen LogP contribution in [0.15, 0.2) is 48.7 Å². The Labute approximate surface area is 300 Å². The standard InChI is InChI=1S/C38H41ClF3N7O2/c1-3-47-16-12-25(47)9-11-30(50)48-17-13-26(21-48)46(2)36-28-19-43-34(27-7-4-6-23-8-10-29(41)32(39)31(23)27)33(42)35(28)44-37(45-36)51-22-38-14-5-15-49(38)20-24(40)18-38/h4,6-11,19,24-26H,3,5,12-18,20-22H2,1-2H3/b11-9+/t24-,25+,26-,38+/m1/s1. The van der Waals surface area contributed by atoms with Crippen molar-refractivity contribution in [2.45, 2.75) is 62.8 Å². The number of rotatable bonds is 9. The van der Waals surface area contributed by atoms with Gasteiger partial charge in [-0.05, 0) is 50.2 Å². The van der Waals surface area contributed by atoms with Gasteiger partial charge < -0.3 is 14.5 Å². The molecule has 0 radical (unpaired) electrons. The van der Waals surface area contributed by atoms with Gasteiger partial charge in [-0.15, -0.1) is 0 Å². The van der Waals surface area contributed by atoms with E-state index in [1.807, 2.05) is 22.9 Å². The van der Waals surface area contributed by atoms with Crippen LogP contribution in [0, 0.1) is 11.6 Å². The summed E-state index contributed by atoms with van der Waals surface area (Å²) in [5, 5.41) is 1.23. The zero-order valence-electron chi connectivity index (χ0n) is 28.8. The Morgan fingerprint density at radius 1 is 1.14 bits per heavy atom. The summed E-state index contributed by atoms with van der Waals surface area (Å²) >= 11 is 6.42. The van der Waals surface area contributed by atoms with Gasteiger partial charge in [0.05, 0.1) is 15.9 Å². The minimum atomic E-state index is -0.932. The van der Waals surface area contributed by atoms with Crippen LogP contribution in [0.1, 0.15) is 39.0 Å². The molecule has 4 aliphatic heterocycles. The number of alkyl halides is 1. The van der Waals surface area contributed by atoms with Gasteiger partial charge in [-0.3, -0.25) is 19.6 Å². The summed E-state index contributed by atoms with van der Waals surface area (Å²) in [5.74, 6) is -0.962. The van der Waals surface area contributed by atoms with E-state index in [2.05, 4.69) is 26.7 Å². The van der Waals surface area contributed by atoms with Crippen LogP contribution in [-0.2, 0) is 4.79 Å². The highest BCUT2D eigenvalue weighted by Gasteiger charge is 2.49. The molecule has 4 atom stereocenters. The molecule has 0 N–H and O–H groups in total. The molecule has 4 aromatic rings. The van der Waals surface area contributed by atoms with Crippen molar-refractivity contribution in [2.75, 3.05) is 57.8 Å². The first-order valence-corrected chi connectivity index (χ1v) is 18.2. The molecule has 0 spiro atoms. The van der Waals surface area contributed by atoms with Gasteiger partial charge in [-0.2, -0.15) is 9.97 Å². The maximum Gasteiger partial charge on any atom is 0.319 e. The Kier molecular flexibility index (Phi) is 9.04. The van der Waals surface area contributed by atoms with Crippen LogP contribution in [0.5, 0.6) is 6.01 Å². The molecule has 4 aliphatic rings. The van der Waals surface area contributed by atoms with Crippen molar-refractivity contribution in [1.82, 2.24) is 29.7 Å². The molecule has 9 nitrogen and oxygen atoms in total. The number of hydrogen-bond donors (Lipinski definition) is 0. The van der Waals surface area contributed by atoms with E-state index in [-0.39, 0.29) is 40.8 Å². The van der Waals surface area contributed by atoms with Gasteiger partial charge in [-0.25, -0.2) is 13.2 Å². The highest BCUT2D eigenvalue weighted by molar-refractivity contribution is 6.36. The number of likely N-dealkylation sites (tertiary alicyclic amines) is 2. The number of pyridine rings is 1. The predicted octanol–water partition coefficient (Wildman–Crippen LogP) is 6.42. The average molecular weight is 720 g/mol. The van der Waals surface area contributed by atoms with Crippen LogP contribution in [-0.4, -0.2) is 112 Å². The van der Waals surface area contributed by atoms with Crippen LogP contribution < -0.4 is 9.64 Å². The third-order valence-corrected chi connectivity index (χ3v) is 11.8. The molecule has 51 heavy (non-hydrogen) atoms. The van der Waals surface area contributed by atoms with Gasteiger partial charge in [-0.1, -0.05) is 48.9 Å². The molecule has 2 aromatic carbocycles. The summed E-state index contributed by atoms with van der Waals surface area (Å²) < 4.78 is 52.3. The van der Waals surface area contributed by atoms with E-state index in [4.69, 9.17) is 21.3 Å². The van der Waals surface area contributed by atoms with Crippen molar-refractivity contribution in [3.05, 3.63) is 65.3 Å². The number of benzene rings is 2. The Morgan fingerprint density at radius 3 is 2.80 bits per heavy atom. The number of fused-ring (bicyclic) bond motifs is 3. The first-order chi connectivity index (χ1) is 24.7. The van der Waals surface area contributed by atoms with Crippen molar-refractivity contribution in [3.8, 4) is 17.3 Å². The number of nitrogens with zero attached hydrogens (tertiary/aromatic N) is 7. The summed E-state index contributed by atoms with van der Waals surface area (Å²) in [6, 6.07) is 8.21. The normalized spacial score (nSPS) is 25.3. The Morgan fingerprint density at radius 2 is 2.00 bits per heavy atom. The second-order valence-electron chi connectivity index (χ2n) is 14.3. The van der Waals surface area contributed by atoms with E-state index in [1.165, 1.54) is 12.3 Å². The molecule has 6 heterocycles. The van der Waals surface area contributed by atoms with Crippen LogP contribution in [0.2, 0.25) is 5.02 Å². The summed E-state index contributed by atoms with van der Waals surface area (Å²) in [6.45, 7) is 6.52. The highest BCUT2D eigenvalue weighted by atomic mass is 35.5. The summed E-state index contributed by atoms with van der Waals surface area (Å²) in [7, 11) is 1.87. The Balaban J connectivity index is 1.14.